The lowest BCUT2D eigenvalue weighted by atomic mass is 9.94. The van der Waals surface area contributed by atoms with E-state index in [4.69, 9.17) is 4.74 Å². The Hall–Kier alpha value is -2.02. The van der Waals surface area contributed by atoms with E-state index in [0.717, 1.165) is 24.2 Å². The number of ether oxygens (including phenoxy) is 1. The van der Waals surface area contributed by atoms with Crippen molar-refractivity contribution < 1.29 is 9.53 Å². The van der Waals surface area contributed by atoms with Crippen molar-refractivity contribution in [2.75, 3.05) is 20.2 Å². The second kappa shape index (κ2) is 9.97. The second-order valence-electron chi connectivity index (χ2n) is 6.44. The molecule has 0 heterocycles. The molecule has 0 aliphatic rings. The van der Waals surface area contributed by atoms with E-state index in [0.29, 0.717) is 25.4 Å². The van der Waals surface area contributed by atoms with Crippen LogP contribution >= 0.6 is 0 Å². The lowest BCUT2D eigenvalue weighted by molar-refractivity contribution is -0.133. The van der Waals surface area contributed by atoms with E-state index in [1.807, 2.05) is 30.9 Å². The van der Waals surface area contributed by atoms with E-state index in [2.05, 4.69) is 26.0 Å². The molecule has 0 N–H and O–H groups in total. The van der Waals surface area contributed by atoms with Crippen molar-refractivity contribution in [3.8, 4) is 11.8 Å². The van der Waals surface area contributed by atoms with Crippen molar-refractivity contribution in [1.82, 2.24) is 4.90 Å². The van der Waals surface area contributed by atoms with Gasteiger partial charge in [0.1, 0.15) is 11.7 Å². The third-order valence-corrected chi connectivity index (χ3v) is 4.15. The van der Waals surface area contributed by atoms with Gasteiger partial charge in [-0.15, -0.1) is 0 Å². The van der Waals surface area contributed by atoms with Crippen LogP contribution in [0.4, 0.5) is 0 Å². The molecule has 0 bridgehead atoms. The maximum Gasteiger partial charge on any atom is 0.240 e. The Kier molecular flexibility index (Phi) is 8.32. The average Bonchev–Trinajstić information content (AvgIpc) is 2.58. The van der Waals surface area contributed by atoms with Crippen molar-refractivity contribution in [3.05, 3.63) is 29.3 Å². The molecular formula is C20H30N2O2. The number of nitrogens with zero attached hydrogens (tertiary/aromatic N) is 2. The third kappa shape index (κ3) is 5.26. The van der Waals surface area contributed by atoms with Crippen LogP contribution in [0.5, 0.6) is 5.75 Å². The van der Waals surface area contributed by atoms with Gasteiger partial charge >= 0.3 is 0 Å². The van der Waals surface area contributed by atoms with E-state index in [1.165, 1.54) is 5.56 Å². The van der Waals surface area contributed by atoms with Gasteiger partial charge in [0, 0.05) is 19.5 Å². The van der Waals surface area contributed by atoms with Crippen molar-refractivity contribution in [2.24, 2.45) is 5.92 Å². The number of carbonyl (C=O) groups is 1. The van der Waals surface area contributed by atoms with E-state index in [1.54, 1.807) is 7.11 Å². The maximum atomic E-state index is 12.7. The predicted octanol–water partition coefficient (Wildman–Crippen LogP) is 4.15. The van der Waals surface area contributed by atoms with Crippen LogP contribution in [0, 0.1) is 17.2 Å². The molecule has 1 rings (SSSR count). The zero-order chi connectivity index (χ0) is 18.1. The van der Waals surface area contributed by atoms with Crippen LogP contribution < -0.4 is 4.74 Å². The summed E-state index contributed by atoms with van der Waals surface area (Å²) in [4.78, 5) is 14.6. The molecule has 0 saturated carbocycles. The fraction of sp³-hybridized carbons (Fsp3) is 0.600. The highest BCUT2D eigenvalue weighted by Crippen LogP contribution is 2.27. The van der Waals surface area contributed by atoms with Crippen LogP contribution in [-0.4, -0.2) is 31.0 Å². The molecule has 132 valence electrons. The first-order valence-electron chi connectivity index (χ1n) is 8.83. The highest BCUT2D eigenvalue weighted by molar-refractivity contribution is 5.81. The molecule has 0 radical (unpaired) electrons. The molecule has 1 aromatic carbocycles. The number of hydrogen-bond acceptors (Lipinski definition) is 3. The molecular weight excluding hydrogens is 300 g/mol. The monoisotopic (exact) mass is 330 g/mol. The lowest BCUT2D eigenvalue weighted by Gasteiger charge is -2.24. The van der Waals surface area contributed by atoms with E-state index in [-0.39, 0.29) is 5.91 Å². The fourth-order valence-electron chi connectivity index (χ4n) is 2.82. The standard InChI is InChI=1S/C20H30N2O2/c1-6-10-22(11-7-2)20(23)18(14-21)13-17-12-16(15(3)4)8-9-19(17)24-5/h8-9,12,15,18H,6-7,10-11,13H2,1-5H3. The Bertz CT molecular complexity index is 569. The predicted molar refractivity (Wildman–Crippen MR) is 97.1 cm³/mol. The summed E-state index contributed by atoms with van der Waals surface area (Å²) in [5.41, 5.74) is 2.12. The molecule has 24 heavy (non-hydrogen) atoms. The zero-order valence-electron chi connectivity index (χ0n) is 15.6. The topological polar surface area (TPSA) is 53.3 Å². The highest BCUT2D eigenvalue weighted by Gasteiger charge is 2.25. The minimum atomic E-state index is -0.667. The summed E-state index contributed by atoms with van der Waals surface area (Å²) in [5, 5.41) is 9.55. The Balaban J connectivity index is 3.04. The molecule has 4 heteroatoms. The SMILES string of the molecule is CCCN(CCC)C(=O)C(C#N)Cc1cc(C(C)C)ccc1OC. The number of rotatable bonds is 9. The molecule has 1 amide bonds. The Morgan fingerprint density at radius 3 is 2.33 bits per heavy atom. The molecule has 0 aliphatic heterocycles. The first kappa shape index (κ1) is 20.0. The summed E-state index contributed by atoms with van der Waals surface area (Å²) in [7, 11) is 1.62. The Labute approximate surface area is 146 Å². The largest absolute Gasteiger partial charge is 0.496 e. The highest BCUT2D eigenvalue weighted by atomic mass is 16.5. The van der Waals surface area contributed by atoms with Crippen LogP contribution in [0.1, 0.15) is 57.6 Å². The molecule has 0 fully saturated rings. The normalized spacial score (nSPS) is 11.9. The maximum absolute atomic E-state index is 12.7. The molecule has 1 atom stereocenters. The van der Waals surface area contributed by atoms with Gasteiger partial charge in [-0.25, -0.2) is 0 Å². The molecule has 0 aliphatic carbocycles. The molecule has 1 unspecified atom stereocenters. The van der Waals surface area contributed by atoms with Crippen LogP contribution in [0.3, 0.4) is 0 Å². The number of amides is 1. The van der Waals surface area contributed by atoms with Crippen molar-refractivity contribution in [1.29, 1.82) is 5.26 Å². The first-order chi connectivity index (χ1) is 11.5. The number of nitriles is 1. The second-order valence-corrected chi connectivity index (χ2v) is 6.44. The Morgan fingerprint density at radius 2 is 1.88 bits per heavy atom. The van der Waals surface area contributed by atoms with Gasteiger partial charge in [-0.2, -0.15) is 5.26 Å². The van der Waals surface area contributed by atoms with Crippen LogP contribution in [0.25, 0.3) is 0 Å². The van der Waals surface area contributed by atoms with Crippen LogP contribution in [0.15, 0.2) is 18.2 Å². The number of benzene rings is 1. The summed E-state index contributed by atoms with van der Waals surface area (Å²) >= 11 is 0. The van der Waals surface area contributed by atoms with Gasteiger partial charge in [-0.1, -0.05) is 39.8 Å². The van der Waals surface area contributed by atoms with Crippen molar-refractivity contribution >= 4 is 5.91 Å². The first-order valence-corrected chi connectivity index (χ1v) is 8.83. The van der Waals surface area contributed by atoms with Crippen LogP contribution in [0.2, 0.25) is 0 Å². The van der Waals surface area contributed by atoms with E-state index in [9.17, 15) is 10.1 Å². The van der Waals surface area contributed by atoms with Crippen LogP contribution in [-0.2, 0) is 11.2 Å². The zero-order valence-corrected chi connectivity index (χ0v) is 15.6. The van der Waals surface area contributed by atoms with E-state index >= 15 is 0 Å². The van der Waals surface area contributed by atoms with Gasteiger partial charge in [-0.05, 0) is 36.0 Å². The third-order valence-electron chi connectivity index (χ3n) is 4.15. The molecule has 0 saturated heterocycles. The van der Waals surface area contributed by atoms with Gasteiger partial charge in [-0.3, -0.25) is 4.79 Å². The molecule has 0 aromatic heterocycles. The van der Waals surface area contributed by atoms with Crippen molar-refractivity contribution in [2.45, 2.75) is 52.9 Å². The van der Waals surface area contributed by atoms with Gasteiger partial charge in [0.15, 0.2) is 0 Å². The summed E-state index contributed by atoms with van der Waals surface area (Å²) in [5.74, 6) is 0.394. The average molecular weight is 330 g/mol. The minimum absolute atomic E-state index is 0.0711. The lowest BCUT2D eigenvalue weighted by Crippen LogP contribution is -2.37. The van der Waals surface area contributed by atoms with E-state index < -0.39 is 5.92 Å². The molecule has 1 aromatic rings. The summed E-state index contributed by atoms with van der Waals surface area (Å²) in [6, 6.07) is 8.23. The van der Waals surface area contributed by atoms with Gasteiger partial charge in [0.05, 0.1) is 13.2 Å². The number of methoxy groups -OCH3 is 1. The summed E-state index contributed by atoms with van der Waals surface area (Å²) in [6.45, 7) is 9.76. The minimum Gasteiger partial charge on any atom is -0.496 e. The Morgan fingerprint density at radius 1 is 1.25 bits per heavy atom. The quantitative estimate of drug-likeness (QED) is 0.683. The van der Waals surface area contributed by atoms with Gasteiger partial charge < -0.3 is 9.64 Å². The summed E-state index contributed by atoms with van der Waals surface area (Å²) in [6.07, 6.45) is 2.19. The number of carbonyl (C=O) groups excluding carboxylic acids is 1. The fourth-order valence-corrected chi connectivity index (χ4v) is 2.82. The van der Waals surface area contributed by atoms with Crippen molar-refractivity contribution in [3.63, 3.8) is 0 Å². The molecule has 4 nitrogen and oxygen atoms in total. The smallest absolute Gasteiger partial charge is 0.240 e. The van der Waals surface area contributed by atoms with Gasteiger partial charge in [0.2, 0.25) is 5.91 Å². The summed E-state index contributed by atoms with van der Waals surface area (Å²) < 4.78 is 5.43. The van der Waals surface area contributed by atoms with Gasteiger partial charge in [0.25, 0.3) is 0 Å². The number of hydrogen-bond donors (Lipinski definition) is 0. The molecule has 0 spiro atoms.